The molecule has 1 aromatic carbocycles. The molecule has 0 fully saturated rings. The first-order valence-corrected chi connectivity index (χ1v) is 8.01. The first-order chi connectivity index (χ1) is 10.6. The predicted molar refractivity (Wildman–Crippen MR) is 87.7 cm³/mol. The molecule has 0 saturated heterocycles. The van der Waals surface area contributed by atoms with E-state index in [1.165, 1.54) is 18.7 Å². The van der Waals surface area contributed by atoms with Gasteiger partial charge in [0.1, 0.15) is 0 Å². The molecule has 1 N–H and O–H groups in total. The molecule has 0 unspecified atom stereocenters. The van der Waals surface area contributed by atoms with Gasteiger partial charge in [-0.05, 0) is 31.0 Å². The number of carbonyl (C=O) groups excluding carboxylic acids is 2. The summed E-state index contributed by atoms with van der Waals surface area (Å²) in [5, 5.41) is 3.59. The molecule has 0 aliphatic rings. The Balaban J connectivity index is 1.88. The Labute approximate surface area is 134 Å². The van der Waals surface area contributed by atoms with Crippen molar-refractivity contribution in [2.75, 3.05) is 5.75 Å². The van der Waals surface area contributed by atoms with Crippen LogP contribution in [0.15, 0.2) is 59.8 Å². The summed E-state index contributed by atoms with van der Waals surface area (Å²) in [5.41, 5.74) is 1.03. The summed E-state index contributed by atoms with van der Waals surface area (Å²) < 4.78 is 0. The standard InChI is InChI=1S/C17H18N2O2S/c1-13(20)15(11-14-7-3-2-4-8-14)19-16(21)12-22-17-9-5-6-10-18-17/h2-10,15H,11-12H2,1H3,(H,19,21)/t15-/m0/s1. The third-order valence-electron chi connectivity index (χ3n) is 3.10. The molecule has 1 atom stereocenters. The van der Waals surface area contributed by atoms with Crippen LogP contribution >= 0.6 is 11.8 Å². The highest BCUT2D eigenvalue weighted by atomic mass is 32.2. The van der Waals surface area contributed by atoms with Crippen LogP contribution in [0.4, 0.5) is 0 Å². The van der Waals surface area contributed by atoms with E-state index in [-0.39, 0.29) is 17.4 Å². The van der Waals surface area contributed by atoms with Crippen molar-refractivity contribution in [3.8, 4) is 0 Å². The van der Waals surface area contributed by atoms with Gasteiger partial charge in [-0.1, -0.05) is 48.2 Å². The molecule has 0 saturated carbocycles. The molecular weight excluding hydrogens is 296 g/mol. The minimum atomic E-state index is -0.487. The predicted octanol–water partition coefficient (Wildman–Crippen LogP) is 2.49. The van der Waals surface area contributed by atoms with Gasteiger partial charge in [0.25, 0.3) is 0 Å². The smallest absolute Gasteiger partial charge is 0.231 e. The van der Waals surface area contributed by atoms with Crippen LogP contribution in [0, 0.1) is 0 Å². The van der Waals surface area contributed by atoms with Crippen LogP contribution in [0.5, 0.6) is 0 Å². The number of nitrogens with one attached hydrogen (secondary N) is 1. The van der Waals surface area contributed by atoms with Crippen molar-refractivity contribution >= 4 is 23.5 Å². The van der Waals surface area contributed by atoms with Gasteiger partial charge < -0.3 is 5.32 Å². The number of aromatic nitrogens is 1. The average molecular weight is 314 g/mol. The Bertz CT molecular complexity index is 617. The summed E-state index contributed by atoms with van der Waals surface area (Å²) >= 11 is 1.35. The summed E-state index contributed by atoms with van der Waals surface area (Å²) in [6.07, 6.45) is 2.20. The number of thioether (sulfide) groups is 1. The van der Waals surface area contributed by atoms with E-state index in [9.17, 15) is 9.59 Å². The number of ketones is 1. The van der Waals surface area contributed by atoms with Crippen molar-refractivity contribution in [2.24, 2.45) is 0 Å². The lowest BCUT2D eigenvalue weighted by Crippen LogP contribution is -2.42. The topological polar surface area (TPSA) is 59.1 Å². The Morgan fingerprint density at radius 3 is 2.50 bits per heavy atom. The fourth-order valence-corrected chi connectivity index (χ4v) is 2.63. The van der Waals surface area contributed by atoms with Gasteiger partial charge in [-0.3, -0.25) is 9.59 Å². The van der Waals surface area contributed by atoms with Gasteiger partial charge in [0, 0.05) is 6.20 Å². The Hall–Kier alpha value is -2.14. The van der Waals surface area contributed by atoms with Crippen LogP contribution in [0.2, 0.25) is 0 Å². The average Bonchev–Trinajstić information content (AvgIpc) is 2.54. The highest BCUT2D eigenvalue weighted by Crippen LogP contribution is 2.13. The van der Waals surface area contributed by atoms with Crippen molar-refractivity contribution in [1.82, 2.24) is 10.3 Å². The molecule has 0 bridgehead atoms. The van der Waals surface area contributed by atoms with Crippen LogP contribution in [-0.4, -0.2) is 28.5 Å². The molecule has 2 rings (SSSR count). The van der Waals surface area contributed by atoms with Crippen molar-refractivity contribution < 1.29 is 9.59 Å². The zero-order valence-electron chi connectivity index (χ0n) is 12.4. The van der Waals surface area contributed by atoms with Crippen LogP contribution in [0.25, 0.3) is 0 Å². The summed E-state index contributed by atoms with van der Waals surface area (Å²) in [7, 11) is 0. The molecule has 0 aliphatic carbocycles. The summed E-state index contributed by atoms with van der Waals surface area (Å²) in [6, 6.07) is 14.7. The Morgan fingerprint density at radius 1 is 1.14 bits per heavy atom. The number of nitrogens with zero attached hydrogens (tertiary/aromatic N) is 1. The van der Waals surface area contributed by atoms with Gasteiger partial charge in [-0.15, -0.1) is 0 Å². The number of hydrogen-bond acceptors (Lipinski definition) is 4. The zero-order valence-corrected chi connectivity index (χ0v) is 13.2. The maximum atomic E-state index is 12.0. The minimum Gasteiger partial charge on any atom is -0.345 e. The second-order valence-corrected chi connectivity index (χ2v) is 5.87. The molecule has 2 aromatic rings. The third kappa shape index (κ3) is 5.33. The quantitative estimate of drug-likeness (QED) is 0.798. The monoisotopic (exact) mass is 314 g/mol. The van der Waals surface area contributed by atoms with E-state index < -0.39 is 6.04 Å². The van der Waals surface area contributed by atoms with Gasteiger partial charge in [-0.2, -0.15) is 0 Å². The molecule has 114 valence electrons. The molecule has 0 spiro atoms. The lowest BCUT2D eigenvalue weighted by atomic mass is 10.0. The van der Waals surface area contributed by atoms with Crippen LogP contribution in [-0.2, 0) is 16.0 Å². The number of Topliss-reactive ketones (excluding diaryl/α,β-unsaturated/α-hetero) is 1. The highest BCUT2D eigenvalue weighted by molar-refractivity contribution is 7.99. The third-order valence-corrected chi connectivity index (χ3v) is 4.04. The summed E-state index contributed by atoms with van der Waals surface area (Å²) in [5.74, 6) is 0.0436. The van der Waals surface area contributed by atoms with Crippen molar-refractivity contribution in [2.45, 2.75) is 24.4 Å². The Kier molecular flexibility index (Phi) is 6.15. The fraction of sp³-hybridized carbons (Fsp3) is 0.235. The van der Waals surface area contributed by atoms with E-state index in [0.29, 0.717) is 6.42 Å². The van der Waals surface area contributed by atoms with E-state index in [1.807, 2.05) is 48.5 Å². The molecule has 5 heteroatoms. The Morgan fingerprint density at radius 2 is 1.86 bits per heavy atom. The number of benzene rings is 1. The van der Waals surface area contributed by atoms with Crippen molar-refractivity contribution in [3.05, 3.63) is 60.3 Å². The number of carbonyl (C=O) groups is 2. The number of hydrogen-bond donors (Lipinski definition) is 1. The largest absolute Gasteiger partial charge is 0.345 e. The van der Waals surface area contributed by atoms with Gasteiger partial charge in [0.2, 0.25) is 5.91 Å². The lowest BCUT2D eigenvalue weighted by molar-refractivity contribution is -0.125. The van der Waals surface area contributed by atoms with E-state index in [1.54, 1.807) is 6.20 Å². The molecule has 4 nitrogen and oxygen atoms in total. The maximum Gasteiger partial charge on any atom is 0.231 e. The van der Waals surface area contributed by atoms with E-state index in [0.717, 1.165) is 10.6 Å². The van der Waals surface area contributed by atoms with Gasteiger partial charge in [0.05, 0.1) is 16.8 Å². The van der Waals surface area contributed by atoms with Gasteiger partial charge >= 0.3 is 0 Å². The molecule has 1 heterocycles. The fourth-order valence-electron chi connectivity index (χ4n) is 1.95. The number of rotatable bonds is 7. The number of pyridine rings is 1. The normalized spacial score (nSPS) is 11.7. The molecule has 0 radical (unpaired) electrons. The highest BCUT2D eigenvalue weighted by Gasteiger charge is 2.17. The second-order valence-electron chi connectivity index (χ2n) is 4.88. The summed E-state index contributed by atoms with van der Waals surface area (Å²) in [6.45, 7) is 1.50. The first-order valence-electron chi connectivity index (χ1n) is 7.02. The summed E-state index contributed by atoms with van der Waals surface area (Å²) in [4.78, 5) is 27.9. The SMILES string of the molecule is CC(=O)[C@H](Cc1ccccc1)NC(=O)CSc1ccccn1. The second kappa shape index (κ2) is 8.34. The van der Waals surface area contributed by atoms with E-state index in [4.69, 9.17) is 0 Å². The molecular formula is C17H18N2O2S. The van der Waals surface area contributed by atoms with Crippen molar-refractivity contribution in [3.63, 3.8) is 0 Å². The first kappa shape index (κ1) is 16.2. The van der Waals surface area contributed by atoms with Crippen molar-refractivity contribution in [1.29, 1.82) is 0 Å². The van der Waals surface area contributed by atoms with E-state index in [2.05, 4.69) is 10.3 Å². The number of amides is 1. The molecule has 22 heavy (non-hydrogen) atoms. The molecule has 1 aromatic heterocycles. The van der Waals surface area contributed by atoms with Gasteiger partial charge in [0.15, 0.2) is 5.78 Å². The zero-order chi connectivity index (χ0) is 15.8. The van der Waals surface area contributed by atoms with Crippen LogP contribution in [0.1, 0.15) is 12.5 Å². The van der Waals surface area contributed by atoms with E-state index >= 15 is 0 Å². The molecule has 1 amide bonds. The van der Waals surface area contributed by atoms with Gasteiger partial charge in [-0.25, -0.2) is 4.98 Å². The lowest BCUT2D eigenvalue weighted by Gasteiger charge is -2.16. The maximum absolute atomic E-state index is 12.0. The van der Waals surface area contributed by atoms with Crippen LogP contribution < -0.4 is 5.32 Å². The minimum absolute atomic E-state index is 0.0416. The molecule has 0 aliphatic heterocycles. The van der Waals surface area contributed by atoms with Crippen LogP contribution in [0.3, 0.4) is 0 Å².